The van der Waals surface area contributed by atoms with Crippen molar-refractivity contribution in [3.05, 3.63) is 96.1 Å². The molecule has 164 valence electrons. The summed E-state index contributed by atoms with van der Waals surface area (Å²) in [6, 6.07) is 29.4. The highest BCUT2D eigenvalue weighted by Gasteiger charge is 2.51. The summed E-state index contributed by atoms with van der Waals surface area (Å²) in [5.41, 5.74) is 4.02. The molecule has 32 heavy (non-hydrogen) atoms. The Labute approximate surface area is 191 Å². The normalized spacial score (nSPS) is 21.1. The third kappa shape index (κ3) is 3.49. The van der Waals surface area contributed by atoms with Gasteiger partial charge in [0.25, 0.3) is 0 Å². The number of benzene rings is 3. The zero-order valence-electron chi connectivity index (χ0n) is 18.8. The third-order valence-corrected chi connectivity index (χ3v) is 7.14. The number of nitrogens with zero attached hydrogens (tertiary/aromatic N) is 3. The summed E-state index contributed by atoms with van der Waals surface area (Å²) in [6.07, 6.45) is 0.800. The summed E-state index contributed by atoms with van der Waals surface area (Å²) in [5.74, 6) is 0.218. The Bertz CT molecular complexity index is 1060. The van der Waals surface area contributed by atoms with E-state index >= 15 is 0 Å². The van der Waals surface area contributed by atoms with Gasteiger partial charge in [0.05, 0.1) is 0 Å². The van der Waals surface area contributed by atoms with E-state index in [1.54, 1.807) is 0 Å². The molecule has 2 aliphatic heterocycles. The van der Waals surface area contributed by atoms with E-state index in [2.05, 4.69) is 89.5 Å². The predicted octanol–water partition coefficient (Wildman–Crippen LogP) is 4.55. The van der Waals surface area contributed by atoms with E-state index < -0.39 is 5.41 Å². The van der Waals surface area contributed by atoms with Crippen LogP contribution in [0.2, 0.25) is 0 Å². The minimum atomic E-state index is -0.607. The molecule has 0 spiro atoms. The SMILES string of the molecule is CCN1C(=O)C(CCN2CCN(c3ccccc3)CC2)(c2ccccc2)c2ccccc21. The standard InChI is InChI=1S/C28H31N3O/c1-2-31-26-16-10-9-15-25(26)28(27(31)32,23-11-5-3-6-12-23)17-18-29-19-21-30(22-20-29)24-13-7-4-8-14-24/h3-16H,2,17-22H2,1H3. The molecule has 1 amide bonds. The monoisotopic (exact) mass is 425 g/mol. The van der Waals surface area contributed by atoms with Crippen molar-refractivity contribution in [1.29, 1.82) is 0 Å². The summed E-state index contributed by atoms with van der Waals surface area (Å²) >= 11 is 0. The van der Waals surface area contributed by atoms with Gasteiger partial charge in [-0.2, -0.15) is 0 Å². The zero-order valence-corrected chi connectivity index (χ0v) is 18.8. The summed E-state index contributed by atoms with van der Waals surface area (Å²) in [6.45, 7) is 7.76. The highest BCUT2D eigenvalue weighted by Crippen LogP contribution is 2.48. The van der Waals surface area contributed by atoms with Gasteiger partial charge in [0, 0.05) is 44.1 Å². The first kappa shape index (κ1) is 20.8. The van der Waals surface area contributed by atoms with Crippen LogP contribution in [0.15, 0.2) is 84.9 Å². The Morgan fingerprint density at radius 3 is 2.09 bits per heavy atom. The summed E-state index contributed by atoms with van der Waals surface area (Å²) < 4.78 is 0. The second kappa shape index (κ2) is 8.79. The molecule has 3 aromatic rings. The first-order chi connectivity index (χ1) is 15.7. The van der Waals surface area contributed by atoms with Crippen molar-refractivity contribution in [3.63, 3.8) is 0 Å². The van der Waals surface area contributed by atoms with Crippen LogP contribution in [0.1, 0.15) is 24.5 Å². The Morgan fingerprint density at radius 1 is 0.781 bits per heavy atom. The van der Waals surface area contributed by atoms with E-state index in [1.807, 2.05) is 17.0 Å². The van der Waals surface area contributed by atoms with Crippen molar-refractivity contribution < 1.29 is 4.79 Å². The molecule has 1 unspecified atom stereocenters. The van der Waals surface area contributed by atoms with Crippen LogP contribution < -0.4 is 9.80 Å². The lowest BCUT2D eigenvalue weighted by Gasteiger charge is -2.38. The van der Waals surface area contributed by atoms with Crippen LogP contribution in [0.4, 0.5) is 11.4 Å². The van der Waals surface area contributed by atoms with Gasteiger partial charge in [-0.1, -0.05) is 66.7 Å². The molecule has 4 heteroatoms. The van der Waals surface area contributed by atoms with E-state index in [0.717, 1.165) is 56.0 Å². The average molecular weight is 426 g/mol. The second-order valence-corrected chi connectivity index (χ2v) is 8.75. The van der Waals surface area contributed by atoms with E-state index in [0.29, 0.717) is 6.54 Å². The van der Waals surface area contributed by atoms with E-state index in [4.69, 9.17) is 0 Å². The van der Waals surface area contributed by atoms with Gasteiger partial charge < -0.3 is 9.80 Å². The highest BCUT2D eigenvalue weighted by atomic mass is 16.2. The molecule has 1 fully saturated rings. The number of anilines is 2. The number of para-hydroxylation sites is 2. The van der Waals surface area contributed by atoms with Crippen LogP contribution >= 0.6 is 0 Å². The van der Waals surface area contributed by atoms with E-state index in [-0.39, 0.29) is 5.91 Å². The maximum absolute atomic E-state index is 13.9. The minimum absolute atomic E-state index is 0.218. The van der Waals surface area contributed by atoms with E-state index in [1.165, 1.54) is 5.69 Å². The first-order valence-corrected chi connectivity index (χ1v) is 11.7. The lowest BCUT2D eigenvalue weighted by molar-refractivity contribution is -0.122. The second-order valence-electron chi connectivity index (χ2n) is 8.75. The first-order valence-electron chi connectivity index (χ1n) is 11.7. The fourth-order valence-corrected chi connectivity index (χ4v) is 5.42. The maximum Gasteiger partial charge on any atom is 0.242 e. The van der Waals surface area contributed by atoms with Crippen molar-refractivity contribution in [2.24, 2.45) is 0 Å². The van der Waals surface area contributed by atoms with Gasteiger partial charge in [-0.3, -0.25) is 9.69 Å². The van der Waals surface area contributed by atoms with E-state index in [9.17, 15) is 4.79 Å². The third-order valence-electron chi connectivity index (χ3n) is 7.14. The van der Waals surface area contributed by atoms with Gasteiger partial charge in [0.2, 0.25) is 5.91 Å². The van der Waals surface area contributed by atoms with Crippen molar-refractivity contribution in [3.8, 4) is 0 Å². The molecule has 0 aliphatic carbocycles. The molecule has 3 aromatic carbocycles. The lowest BCUT2D eigenvalue weighted by Crippen LogP contribution is -2.49. The van der Waals surface area contributed by atoms with Crippen molar-refractivity contribution >= 4 is 17.3 Å². The van der Waals surface area contributed by atoms with Crippen LogP contribution in [-0.2, 0) is 10.2 Å². The van der Waals surface area contributed by atoms with Gasteiger partial charge in [0.15, 0.2) is 0 Å². The fraction of sp³-hybridized carbons (Fsp3) is 0.321. The highest BCUT2D eigenvalue weighted by molar-refractivity contribution is 6.10. The van der Waals surface area contributed by atoms with Crippen LogP contribution in [0.5, 0.6) is 0 Å². The Hall–Kier alpha value is -3.11. The smallest absolute Gasteiger partial charge is 0.242 e. The lowest BCUT2D eigenvalue weighted by atomic mass is 9.72. The summed E-state index contributed by atoms with van der Waals surface area (Å²) in [4.78, 5) is 20.9. The molecule has 0 aromatic heterocycles. The number of carbonyl (C=O) groups excluding carboxylic acids is 1. The zero-order chi connectivity index (χ0) is 22.0. The molecular weight excluding hydrogens is 394 g/mol. The molecule has 5 rings (SSSR count). The maximum atomic E-state index is 13.9. The molecule has 0 saturated carbocycles. The predicted molar refractivity (Wildman–Crippen MR) is 131 cm³/mol. The largest absolute Gasteiger partial charge is 0.369 e. The van der Waals surface area contributed by atoms with Gasteiger partial charge in [-0.05, 0) is 49.2 Å². The Morgan fingerprint density at radius 2 is 1.41 bits per heavy atom. The molecule has 2 aliphatic rings. The molecule has 2 heterocycles. The number of rotatable bonds is 6. The topological polar surface area (TPSA) is 26.8 Å². The molecule has 0 bridgehead atoms. The van der Waals surface area contributed by atoms with Gasteiger partial charge in [0.1, 0.15) is 5.41 Å². The number of amides is 1. The molecule has 4 nitrogen and oxygen atoms in total. The number of carbonyl (C=O) groups is 1. The fourth-order valence-electron chi connectivity index (χ4n) is 5.42. The quantitative estimate of drug-likeness (QED) is 0.580. The van der Waals surface area contributed by atoms with Crippen LogP contribution in [0, 0.1) is 0 Å². The summed E-state index contributed by atoms with van der Waals surface area (Å²) in [5, 5.41) is 0. The minimum Gasteiger partial charge on any atom is -0.369 e. The van der Waals surface area contributed by atoms with Gasteiger partial charge >= 0.3 is 0 Å². The molecular formula is C28H31N3O. The number of hydrogen-bond donors (Lipinski definition) is 0. The number of fused-ring (bicyclic) bond motifs is 1. The van der Waals surface area contributed by atoms with Crippen LogP contribution in [0.3, 0.4) is 0 Å². The summed E-state index contributed by atoms with van der Waals surface area (Å²) in [7, 11) is 0. The van der Waals surface area contributed by atoms with Crippen LogP contribution in [-0.4, -0.2) is 50.1 Å². The number of likely N-dealkylation sites (N-methyl/N-ethyl adjacent to an activating group) is 1. The molecule has 0 radical (unpaired) electrons. The molecule has 1 atom stereocenters. The Balaban J connectivity index is 1.39. The van der Waals surface area contributed by atoms with Gasteiger partial charge in [-0.15, -0.1) is 0 Å². The Kier molecular flexibility index (Phi) is 5.71. The van der Waals surface area contributed by atoms with Crippen molar-refractivity contribution in [2.75, 3.05) is 49.1 Å². The number of hydrogen-bond acceptors (Lipinski definition) is 3. The molecule has 1 saturated heterocycles. The van der Waals surface area contributed by atoms with Crippen molar-refractivity contribution in [2.45, 2.75) is 18.8 Å². The van der Waals surface area contributed by atoms with Gasteiger partial charge in [-0.25, -0.2) is 0 Å². The molecule has 0 N–H and O–H groups in total. The van der Waals surface area contributed by atoms with Crippen molar-refractivity contribution in [1.82, 2.24) is 4.90 Å². The number of piperazine rings is 1. The van der Waals surface area contributed by atoms with Crippen LogP contribution in [0.25, 0.3) is 0 Å². The average Bonchev–Trinajstić information content (AvgIpc) is 3.12.